The molecule has 2 heteroatoms. The molecule has 1 heterocycles. The van der Waals surface area contributed by atoms with Crippen molar-refractivity contribution in [1.82, 2.24) is 4.90 Å². The Morgan fingerprint density at radius 1 is 1.00 bits per heavy atom. The van der Waals surface area contributed by atoms with Gasteiger partial charge in [0.2, 0.25) is 0 Å². The Balaban J connectivity index is 2.47. The molecule has 0 amide bonds. The van der Waals surface area contributed by atoms with Crippen molar-refractivity contribution in [2.24, 2.45) is 0 Å². The Hall–Kier alpha value is 0.177. The van der Waals surface area contributed by atoms with Crippen LogP contribution in [0.4, 0.5) is 0 Å². The van der Waals surface area contributed by atoms with E-state index in [1.165, 1.54) is 25.2 Å². The molecular weight excluding hydrogens is 174 g/mol. The van der Waals surface area contributed by atoms with E-state index in [-0.39, 0.29) is 0 Å². The summed E-state index contributed by atoms with van der Waals surface area (Å²) in [7, 11) is -0.843. The topological polar surface area (TPSA) is 3.24 Å². The maximum atomic E-state index is 2.64. The highest BCUT2D eigenvalue weighted by Crippen LogP contribution is 2.33. The molecule has 0 aromatic rings. The van der Waals surface area contributed by atoms with Gasteiger partial charge in [0.05, 0.1) is 8.07 Å². The van der Waals surface area contributed by atoms with Gasteiger partial charge in [0, 0.05) is 6.04 Å². The minimum absolute atomic E-state index is 0.755. The van der Waals surface area contributed by atoms with Crippen molar-refractivity contribution in [3.8, 4) is 0 Å². The van der Waals surface area contributed by atoms with Crippen LogP contribution in [-0.4, -0.2) is 32.1 Å². The van der Waals surface area contributed by atoms with Crippen LogP contribution in [0.2, 0.25) is 24.2 Å². The maximum absolute atomic E-state index is 2.64. The third kappa shape index (κ3) is 2.56. The molecule has 0 aromatic heterocycles. The van der Waals surface area contributed by atoms with Gasteiger partial charge in [0.15, 0.2) is 0 Å². The van der Waals surface area contributed by atoms with E-state index in [1.807, 2.05) is 0 Å². The SMILES string of the molecule is CC(C)N1CC[Si](C)(C(C)C)CC1. The van der Waals surface area contributed by atoms with Gasteiger partial charge in [-0.3, -0.25) is 0 Å². The fraction of sp³-hybridized carbons (Fsp3) is 1.00. The maximum Gasteiger partial charge on any atom is 0.0555 e. The molecule has 0 aliphatic carbocycles. The molecule has 1 rings (SSSR count). The third-order valence-corrected chi connectivity index (χ3v) is 9.58. The minimum Gasteiger partial charge on any atom is -0.301 e. The van der Waals surface area contributed by atoms with Crippen LogP contribution in [0.25, 0.3) is 0 Å². The summed E-state index contributed by atoms with van der Waals surface area (Å²) in [6, 6.07) is 3.79. The Morgan fingerprint density at radius 2 is 1.46 bits per heavy atom. The van der Waals surface area contributed by atoms with Gasteiger partial charge in [-0.2, -0.15) is 0 Å². The van der Waals surface area contributed by atoms with E-state index in [2.05, 4.69) is 39.1 Å². The van der Waals surface area contributed by atoms with E-state index in [0.717, 1.165) is 11.6 Å². The number of rotatable bonds is 2. The summed E-state index contributed by atoms with van der Waals surface area (Å²) in [4.78, 5) is 2.64. The molecule has 0 aromatic carbocycles. The largest absolute Gasteiger partial charge is 0.301 e. The van der Waals surface area contributed by atoms with E-state index >= 15 is 0 Å². The molecule has 1 fully saturated rings. The van der Waals surface area contributed by atoms with Gasteiger partial charge >= 0.3 is 0 Å². The van der Waals surface area contributed by atoms with Crippen LogP contribution < -0.4 is 0 Å². The van der Waals surface area contributed by atoms with Crippen molar-refractivity contribution in [2.45, 2.75) is 57.9 Å². The lowest BCUT2D eigenvalue weighted by molar-refractivity contribution is 0.234. The van der Waals surface area contributed by atoms with Crippen LogP contribution in [-0.2, 0) is 0 Å². The van der Waals surface area contributed by atoms with Crippen LogP contribution in [0.15, 0.2) is 0 Å². The van der Waals surface area contributed by atoms with Gasteiger partial charge in [0.1, 0.15) is 0 Å². The fourth-order valence-electron chi connectivity index (χ4n) is 2.13. The summed E-state index contributed by atoms with van der Waals surface area (Å²) < 4.78 is 0. The molecule has 13 heavy (non-hydrogen) atoms. The van der Waals surface area contributed by atoms with E-state index in [0.29, 0.717) is 0 Å². The molecular formula is C11H25NSi. The summed E-state index contributed by atoms with van der Waals surface area (Å²) in [6.07, 6.45) is 0. The molecule has 78 valence electrons. The zero-order chi connectivity index (χ0) is 10.1. The van der Waals surface area contributed by atoms with Gasteiger partial charge < -0.3 is 4.90 Å². The highest BCUT2D eigenvalue weighted by molar-refractivity contribution is 6.80. The Bertz CT molecular complexity index is 157. The Labute approximate surface area is 84.5 Å². The van der Waals surface area contributed by atoms with E-state index < -0.39 is 8.07 Å². The highest BCUT2D eigenvalue weighted by Gasteiger charge is 2.35. The molecule has 1 nitrogen and oxygen atoms in total. The molecule has 1 aliphatic heterocycles. The van der Waals surface area contributed by atoms with Crippen molar-refractivity contribution in [1.29, 1.82) is 0 Å². The van der Waals surface area contributed by atoms with Gasteiger partial charge in [0.25, 0.3) is 0 Å². The number of hydrogen-bond donors (Lipinski definition) is 0. The first-order chi connectivity index (χ1) is 5.96. The first-order valence-corrected chi connectivity index (χ1v) is 8.69. The summed E-state index contributed by atoms with van der Waals surface area (Å²) >= 11 is 0. The lowest BCUT2D eigenvalue weighted by Crippen LogP contribution is -2.48. The summed E-state index contributed by atoms with van der Waals surface area (Å²) in [5.41, 5.74) is 0.974. The van der Waals surface area contributed by atoms with Crippen LogP contribution in [0.3, 0.4) is 0 Å². The van der Waals surface area contributed by atoms with Crippen LogP contribution >= 0.6 is 0 Å². The summed E-state index contributed by atoms with van der Waals surface area (Å²) in [5.74, 6) is 0. The monoisotopic (exact) mass is 199 g/mol. The smallest absolute Gasteiger partial charge is 0.0555 e. The second-order valence-electron chi connectivity index (χ2n) is 5.44. The average Bonchev–Trinajstić information content (AvgIpc) is 2.04. The van der Waals surface area contributed by atoms with Crippen molar-refractivity contribution in [3.05, 3.63) is 0 Å². The standard InChI is InChI=1S/C11H25NSi/c1-10(2)12-6-8-13(5,9-7-12)11(3)4/h10-11H,6-9H2,1-5H3. The highest BCUT2D eigenvalue weighted by atomic mass is 28.3. The van der Waals surface area contributed by atoms with Crippen molar-refractivity contribution in [3.63, 3.8) is 0 Å². The molecule has 0 atom stereocenters. The first-order valence-electron chi connectivity index (χ1n) is 5.70. The Kier molecular flexibility index (Phi) is 3.58. The van der Waals surface area contributed by atoms with Crippen LogP contribution in [0.5, 0.6) is 0 Å². The molecule has 0 unspecified atom stereocenters. The molecule has 1 saturated heterocycles. The lowest BCUT2D eigenvalue weighted by atomic mass is 10.3. The van der Waals surface area contributed by atoms with E-state index in [1.54, 1.807) is 0 Å². The van der Waals surface area contributed by atoms with E-state index in [4.69, 9.17) is 0 Å². The zero-order valence-corrected chi connectivity index (χ0v) is 10.9. The predicted octanol–water partition coefficient (Wildman–Crippen LogP) is 3.20. The molecule has 1 aliphatic rings. The van der Waals surface area contributed by atoms with Crippen molar-refractivity contribution in [2.75, 3.05) is 13.1 Å². The first kappa shape index (κ1) is 11.3. The van der Waals surface area contributed by atoms with Gasteiger partial charge in [-0.15, -0.1) is 0 Å². The number of hydrogen-bond acceptors (Lipinski definition) is 1. The van der Waals surface area contributed by atoms with Crippen molar-refractivity contribution < 1.29 is 0 Å². The average molecular weight is 199 g/mol. The van der Waals surface area contributed by atoms with Crippen LogP contribution in [0.1, 0.15) is 27.7 Å². The second-order valence-corrected chi connectivity index (χ2v) is 10.9. The van der Waals surface area contributed by atoms with Crippen LogP contribution in [0, 0.1) is 0 Å². The third-order valence-electron chi connectivity index (χ3n) is 4.06. The lowest BCUT2D eigenvalue weighted by Gasteiger charge is -2.42. The second kappa shape index (κ2) is 4.14. The zero-order valence-electron chi connectivity index (χ0n) is 9.93. The fourth-order valence-corrected chi connectivity index (χ4v) is 5.13. The molecule has 0 spiro atoms. The number of nitrogens with zero attached hydrogens (tertiary/aromatic N) is 1. The summed E-state index contributed by atoms with van der Waals surface area (Å²) in [6.45, 7) is 14.8. The Morgan fingerprint density at radius 3 is 1.77 bits per heavy atom. The predicted molar refractivity (Wildman–Crippen MR) is 63.0 cm³/mol. The normalized spacial score (nSPS) is 24.2. The molecule has 0 radical (unpaired) electrons. The minimum atomic E-state index is -0.843. The van der Waals surface area contributed by atoms with Gasteiger partial charge in [-0.25, -0.2) is 0 Å². The molecule has 0 N–H and O–H groups in total. The van der Waals surface area contributed by atoms with E-state index in [9.17, 15) is 0 Å². The van der Waals surface area contributed by atoms with Gasteiger partial charge in [-0.1, -0.05) is 25.9 Å². The van der Waals surface area contributed by atoms with Crippen molar-refractivity contribution >= 4 is 8.07 Å². The molecule has 0 bridgehead atoms. The summed E-state index contributed by atoms with van der Waals surface area (Å²) in [5, 5.41) is 0. The quantitative estimate of drug-likeness (QED) is 0.617. The molecule has 0 saturated carbocycles. The van der Waals surface area contributed by atoms with Gasteiger partial charge in [-0.05, 0) is 39.0 Å².